The van der Waals surface area contributed by atoms with E-state index in [-0.39, 0.29) is 22.8 Å². The zero-order chi connectivity index (χ0) is 21.3. The summed E-state index contributed by atoms with van der Waals surface area (Å²) in [6.07, 6.45) is 1.24. The van der Waals surface area contributed by atoms with Crippen molar-refractivity contribution in [2.24, 2.45) is 5.16 Å². The van der Waals surface area contributed by atoms with Crippen LogP contribution in [0.1, 0.15) is 9.87 Å². The summed E-state index contributed by atoms with van der Waals surface area (Å²) in [4.78, 5) is 41.9. The molecule has 2 aliphatic heterocycles. The van der Waals surface area contributed by atoms with E-state index in [9.17, 15) is 24.6 Å². The van der Waals surface area contributed by atoms with Crippen molar-refractivity contribution in [3.8, 4) is 0 Å². The highest BCUT2D eigenvalue weighted by Gasteiger charge is 2.54. The molecule has 2 aliphatic rings. The van der Waals surface area contributed by atoms with Gasteiger partial charge in [0, 0.05) is 5.75 Å². The number of carbonyl (C=O) groups excluding carboxylic acids is 2. The molecule has 10 nitrogen and oxygen atoms in total. The van der Waals surface area contributed by atoms with E-state index in [4.69, 9.17) is 8.53 Å². The first-order chi connectivity index (χ1) is 13.6. The van der Waals surface area contributed by atoms with Crippen LogP contribution in [-0.2, 0) is 19.2 Å². The molecule has 0 unspecified atom stereocenters. The van der Waals surface area contributed by atoms with E-state index in [1.165, 1.54) is 30.2 Å². The number of nitrogens with zero attached hydrogens (tertiary/aromatic N) is 2. The van der Waals surface area contributed by atoms with Gasteiger partial charge in [0.25, 0.3) is 11.8 Å². The lowest BCUT2D eigenvalue weighted by molar-refractivity contribution is -0.150. The number of aliphatic carboxylic acids is 1. The number of oxime groups is 1. The van der Waals surface area contributed by atoms with Gasteiger partial charge in [-0.05, 0) is 17.7 Å². The number of furan rings is 1. The highest BCUT2D eigenvalue weighted by atomic mass is 32.2. The third kappa shape index (κ3) is 2.95. The predicted octanol–water partition coefficient (Wildman–Crippen LogP) is -0.639. The average molecular weight is 384 g/mol. The van der Waals surface area contributed by atoms with Gasteiger partial charge in [-0.15, -0.1) is 11.8 Å². The Morgan fingerprint density at radius 3 is 3.04 bits per heavy atom. The van der Waals surface area contributed by atoms with Gasteiger partial charge < -0.3 is 24.8 Å². The van der Waals surface area contributed by atoms with Crippen LogP contribution < -0.4 is 5.32 Å². The van der Waals surface area contributed by atoms with Gasteiger partial charge in [-0.25, -0.2) is 4.79 Å². The summed E-state index contributed by atoms with van der Waals surface area (Å²) in [6, 6.07) is 1.72. The molecule has 1 aromatic heterocycles. The topological polar surface area (TPSA) is 142 Å². The Balaban J connectivity index is 1.79. The quantitative estimate of drug-likeness (QED) is 0.334. The molecule has 3 N–H and O–H groups in total. The summed E-state index contributed by atoms with van der Waals surface area (Å²) < 4.78 is 26.1. The maximum Gasteiger partial charge on any atom is 0.352 e. The maximum absolute atomic E-state index is 12.6. The Hall–Kier alpha value is -2.79. The molecule has 0 bridgehead atoms. The van der Waals surface area contributed by atoms with Crippen molar-refractivity contribution < 1.29 is 38.0 Å². The molecule has 1 saturated heterocycles. The lowest BCUT2D eigenvalue weighted by Gasteiger charge is -2.49. The monoisotopic (exact) mass is 384 g/mol. The van der Waals surface area contributed by atoms with Gasteiger partial charge >= 0.3 is 5.97 Å². The Labute approximate surface area is 155 Å². The highest BCUT2D eigenvalue weighted by molar-refractivity contribution is 8.00. The predicted molar refractivity (Wildman–Crippen MR) is 89.0 cm³/mol. The van der Waals surface area contributed by atoms with Gasteiger partial charge in [0.1, 0.15) is 24.2 Å². The number of fused-ring (bicyclic) bond motifs is 1. The SMILES string of the molecule is [2H]C([2H])([2H])ON=C(C(=O)N[C@@H]1C(=O)N2C(C(=O)O)=C(CO)CS[C@H]12)c1ccco1. The number of hydrogen-bond donors (Lipinski definition) is 3. The molecule has 11 heteroatoms. The Bertz CT molecular complexity index is 897. The van der Waals surface area contributed by atoms with E-state index in [0.717, 1.165) is 4.90 Å². The Kier molecular flexibility index (Phi) is 3.99. The molecule has 26 heavy (non-hydrogen) atoms. The molecule has 0 aromatic carbocycles. The molecule has 1 aromatic rings. The number of hydrogen-bond acceptors (Lipinski definition) is 8. The van der Waals surface area contributed by atoms with Gasteiger partial charge in [-0.1, -0.05) is 5.16 Å². The number of aliphatic hydroxyl groups is 1. The Morgan fingerprint density at radius 1 is 1.62 bits per heavy atom. The van der Waals surface area contributed by atoms with Gasteiger partial charge in [0.2, 0.25) is 5.71 Å². The number of carbonyl (C=O) groups is 3. The minimum absolute atomic E-state index is 0.0830. The van der Waals surface area contributed by atoms with Crippen LogP contribution in [0.15, 0.2) is 39.2 Å². The van der Waals surface area contributed by atoms with Gasteiger partial charge in [-0.2, -0.15) is 0 Å². The molecule has 0 aliphatic carbocycles. The van der Waals surface area contributed by atoms with Crippen molar-refractivity contribution in [1.82, 2.24) is 10.2 Å². The first kappa shape index (κ1) is 14.4. The maximum atomic E-state index is 12.6. The number of amides is 2. The second-order valence-corrected chi connectivity index (χ2v) is 6.39. The lowest BCUT2D eigenvalue weighted by atomic mass is 10.0. The first-order valence-electron chi connectivity index (χ1n) is 8.76. The van der Waals surface area contributed by atoms with Crippen LogP contribution >= 0.6 is 11.8 Å². The van der Waals surface area contributed by atoms with Crippen molar-refractivity contribution in [2.75, 3.05) is 19.4 Å². The summed E-state index contributed by atoms with van der Waals surface area (Å²) in [5.74, 6) is -2.90. The van der Waals surface area contributed by atoms with E-state index >= 15 is 0 Å². The zero-order valence-corrected chi connectivity index (χ0v) is 13.9. The number of carboxylic acid groups (broad SMARTS) is 1. The van der Waals surface area contributed by atoms with E-state index < -0.39 is 48.6 Å². The van der Waals surface area contributed by atoms with Crippen molar-refractivity contribution in [1.29, 1.82) is 0 Å². The number of rotatable bonds is 6. The molecule has 0 spiro atoms. The number of aliphatic hydroxyl groups excluding tert-OH is 1. The van der Waals surface area contributed by atoms with Crippen LogP contribution in [0.5, 0.6) is 0 Å². The molecular weight excluding hydrogens is 366 g/mol. The molecule has 3 rings (SSSR count). The van der Waals surface area contributed by atoms with Crippen LogP contribution in [0.25, 0.3) is 0 Å². The molecule has 0 radical (unpaired) electrons. The van der Waals surface area contributed by atoms with Crippen LogP contribution in [0.2, 0.25) is 0 Å². The molecule has 1 fully saturated rings. The summed E-state index contributed by atoms with van der Waals surface area (Å²) in [5, 5.41) is 23.7. The largest absolute Gasteiger partial charge is 0.477 e. The van der Waals surface area contributed by atoms with Crippen molar-refractivity contribution in [3.63, 3.8) is 0 Å². The highest BCUT2D eigenvalue weighted by Crippen LogP contribution is 2.40. The number of carboxylic acids is 1. The molecule has 3 heterocycles. The van der Waals surface area contributed by atoms with Crippen LogP contribution in [0.3, 0.4) is 0 Å². The molecule has 2 amide bonds. The third-order valence-corrected chi connectivity index (χ3v) is 5.17. The van der Waals surface area contributed by atoms with Crippen molar-refractivity contribution in [2.45, 2.75) is 11.4 Å². The molecule has 2 atom stereocenters. The minimum atomic E-state index is -2.90. The van der Waals surface area contributed by atoms with Crippen LogP contribution in [-0.4, -0.2) is 69.4 Å². The summed E-state index contributed by atoms with van der Waals surface area (Å²) in [7, 11) is -2.90. The number of β-lactam (4-membered cyclic amide) rings is 1. The first-order valence-corrected chi connectivity index (χ1v) is 8.30. The molecule has 138 valence electrons. The molecular formula is C15H15N3O7S. The fourth-order valence-electron chi connectivity index (χ4n) is 2.67. The van der Waals surface area contributed by atoms with Crippen LogP contribution in [0, 0.1) is 0 Å². The van der Waals surface area contributed by atoms with E-state index in [2.05, 4.69) is 15.3 Å². The normalized spacial score (nSPS) is 24.8. The standard InChI is InChI=1S/C15H15N3O7S/c1-24-17-9(8-3-2-4-25-8)12(20)16-10-13(21)18-11(15(22)23)7(5-19)6-26-14(10)18/h2-4,10,14,19H,5-6H2,1H3,(H,16,20)(H,22,23)/t10-,14-/m1/s1/i1D3. The van der Waals surface area contributed by atoms with E-state index in [0.29, 0.717) is 0 Å². The van der Waals surface area contributed by atoms with Gasteiger partial charge in [0.05, 0.1) is 17.0 Å². The lowest BCUT2D eigenvalue weighted by Crippen LogP contribution is -2.71. The van der Waals surface area contributed by atoms with Crippen molar-refractivity contribution >= 4 is 35.3 Å². The number of nitrogens with one attached hydrogen (secondary N) is 1. The number of thioether (sulfide) groups is 1. The third-order valence-electron chi connectivity index (χ3n) is 3.83. The summed E-state index contributed by atoms with van der Waals surface area (Å²) in [5.41, 5.74) is -0.610. The van der Waals surface area contributed by atoms with E-state index in [1.807, 2.05) is 0 Å². The minimum Gasteiger partial charge on any atom is -0.477 e. The summed E-state index contributed by atoms with van der Waals surface area (Å²) in [6.45, 7) is -0.510. The van der Waals surface area contributed by atoms with Crippen LogP contribution in [0.4, 0.5) is 0 Å². The van der Waals surface area contributed by atoms with Crippen molar-refractivity contribution in [3.05, 3.63) is 35.4 Å². The molecule has 0 saturated carbocycles. The zero-order valence-electron chi connectivity index (χ0n) is 16.0. The fraction of sp³-hybridized carbons (Fsp3) is 0.333. The van der Waals surface area contributed by atoms with Gasteiger partial charge in [-0.3, -0.25) is 14.5 Å². The Morgan fingerprint density at radius 2 is 2.42 bits per heavy atom. The second-order valence-electron chi connectivity index (χ2n) is 5.28. The summed E-state index contributed by atoms with van der Waals surface area (Å²) >= 11 is 1.17. The fourth-order valence-corrected chi connectivity index (χ4v) is 4.01. The smallest absolute Gasteiger partial charge is 0.352 e. The van der Waals surface area contributed by atoms with Gasteiger partial charge in [0.15, 0.2) is 5.76 Å². The average Bonchev–Trinajstić information content (AvgIpc) is 3.18. The van der Waals surface area contributed by atoms with E-state index in [1.54, 1.807) is 0 Å². The second kappa shape index (κ2) is 7.22.